The Balaban J connectivity index is 2.61. The lowest BCUT2D eigenvalue weighted by Crippen LogP contribution is -2.24. The summed E-state index contributed by atoms with van der Waals surface area (Å²) in [5.74, 6) is -2.83. The molecular weight excluding hydrogens is 367 g/mol. The summed E-state index contributed by atoms with van der Waals surface area (Å²) in [5, 5.41) is 3.44. The van der Waals surface area contributed by atoms with Gasteiger partial charge in [-0.15, -0.1) is 0 Å². The van der Waals surface area contributed by atoms with Crippen LogP contribution in [-0.2, 0) is 0 Å². The minimum Gasteiger partial charge on any atom is -0.306 e. The third-order valence-corrected chi connectivity index (χ3v) is 3.97. The van der Waals surface area contributed by atoms with Crippen molar-refractivity contribution < 1.29 is 13.2 Å². The first-order valence-corrected chi connectivity index (χ1v) is 7.44. The zero-order valence-corrected chi connectivity index (χ0v) is 13.4. The maximum Gasteiger partial charge on any atom is 0.134 e. The van der Waals surface area contributed by atoms with Crippen LogP contribution in [0, 0.1) is 17.5 Å². The zero-order valence-electron chi connectivity index (χ0n) is 11.1. The maximum absolute atomic E-state index is 14.0. The van der Waals surface area contributed by atoms with E-state index in [4.69, 9.17) is 11.6 Å². The Hall–Kier alpha value is -1.04. The van der Waals surface area contributed by atoms with E-state index in [1.54, 1.807) is 18.2 Å². The molecule has 0 radical (unpaired) electrons. The summed E-state index contributed by atoms with van der Waals surface area (Å²) in [4.78, 5) is 0. The molecule has 2 aromatic carbocycles. The highest BCUT2D eigenvalue weighted by atomic mass is 79.9. The van der Waals surface area contributed by atoms with E-state index in [-0.39, 0.29) is 5.56 Å². The molecule has 2 rings (SSSR count). The molecule has 21 heavy (non-hydrogen) atoms. The van der Waals surface area contributed by atoms with Gasteiger partial charge in [-0.2, -0.15) is 0 Å². The van der Waals surface area contributed by atoms with Gasteiger partial charge in [-0.05, 0) is 30.3 Å². The van der Waals surface area contributed by atoms with Gasteiger partial charge in [-0.3, -0.25) is 0 Å². The number of nitrogens with one attached hydrogen (secondary N) is 1. The first-order valence-electron chi connectivity index (χ1n) is 6.26. The first kappa shape index (κ1) is 16.3. The topological polar surface area (TPSA) is 12.0 Å². The molecule has 1 N–H and O–H groups in total. The first-order chi connectivity index (χ1) is 9.93. The van der Waals surface area contributed by atoms with Gasteiger partial charge in [0.1, 0.15) is 17.5 Å². The van der Waals surface area contributed by atoms with Crippen molar-refractivity contribution in [1.82, 2.24) is 5.32 Å². The van der Waals surface area contributed by atoms with Crippen LogP contribution < -0.4 is 5.32 Å². The molecule has 1 unspecified atom stereocenters. The lowest BCUT2D eigenvalue weighted by atomic mass is 9.97. The maximum atomic E-state index is 14.0. The Morgan fingerprint density at radius 1 is 1.14 bits per heavy atom. The predicted octanol–water partition coefficient (Wildman–Crippen LogP) is 5.22. The predicted molar refractivity (Wildman–Crippen MR) is 81.0 cm³/mol. The second kappa shape index (κ2) is 6.81. The molecule has 0 saturated heterocycles. The Morgan fingerprint density at radius 2 is 1.76 bits per heavy atom. The van der Waals surface area contributed by atoms with Crippen LogP contribution in [-0.4, -0.2) is 6.54 Å². The van der Waals surface area contributed by atoms with E-state index in [1.165, 1.54) is 0 Å². The average molecular weight is 379 g/mol. The van der Waals surface area contributed by atoms with Gasteiger partial charge >= 0.3 is 0 Å². The lowest BCUT2D eigenvalue weighted by molar-refractivity contribution is 0.491. The molecule has 0 spiro atoms. The molecule has 0 heterocycles. The van der Waals surface area contributed by atoms with Gasteiger partial charge in [-0.25, -0.2) is 13.2 Å². The van der Waals surface area contributed by atoms with E-state index in [1.807, 2.05) is 6.92 Å². The summed E-state index contributed by atoms with van der Waals surface area (Å²) >= 11 is 9.30. The number of rotatable bonds is 4. The molecule has 112 valence electrons. The van der Waals surface area contributed by atoms with Crippen molar-refractivity contribution in [2.75, 3.05) is 6.54 Å². The molecule has 0 saturated carbocycles. The molecule has 2 aromatic rings. The molecule has 0 bridgehead atoms. The molecule has 0 aromatic heterocycles. The van der Waals surface area contributed by atoms with Crippen LogP contribution in [0.3, 0.4) is 0 Å². The molecule has 1 nitrogen and oxygen atoms in total. The minimum absolute atomic E-state index is 0.235. The molecule has 0 fully saturated rings. The highest BCUT2D eigenvalue weighted by Gasteiger charge is 2.24. The van der Waals surface area contributed by atoms with E-state index in [2.05, 4.69) is 21.2 Å². The van der Waals surface area contributed by atoms with Crippen LogP contribution in [0.4, 0.5) is 13.2 Å². The molecule has 6 heteroatoms. The highest BCUT2D eigenvalue weighted by molar-refractivity contribution is 9.10. The van der Waals surface area contributed by atoms with Gasteiger partial charge in [0, 0.05) is 27.2 Å². The van der Waals surface area contributed by atoms with Crippen LogP contribution in [0.15, 0.2) is 34.8 Å². The van der Waals surface area contributed by atoms with Crippen molar-refractivity contribution in [1.29, 1.82) is 0 Å². The van der Waals surface area contributed by atoms with Crippen molar-refractivity contribution in [3.05, 3.63) is 68.4 Å². The van der Waals surface area contributed by atoms with Crippen LogP contribution in [0.2, 0.25) is 5.02 Å². The summed E-state index contributed by atoms with van der Waals surface area (Å²) in [6, 6.07) is 5.53. The SMILES string of the molecule is CCNC(c1cc(Cl)ccc1Br)c1c(F)cc(F)cc1F. The van der Waals surface area contributed by atoms with Crippen LogP contribution in [0.25, 0.3) is 0 Å². The van der Waals surface area contributed by atoms with Crippen molar-refractivity contribution in [2.24, 2.45) is 0 Å². The smallest absolute Gasteiger partial charge is 0.134 e. The Labute approximate surface area is 134 Å². The fourth-order valence-electron chi connectivity index (χ4n) is 2.14. The summed E-state index contributed by atoms with van der Waals surface area (Å²) < 4.78 is 41.8. The van der Waals surface area contributed by atoms with Crippen LogP contribution >= 0.6 is 27.5 Å². The Morgan fingerprint density at radius 3 is 2.33 bits per heavy atom. The van der Waals surface area contributed by atoms with E-state index in [0.717, 1.165) is 0 Å². The molecule has 0 amide bonds. The van der Waals surface area contributed by atoms with Gasteiger partial charge in [-0.1, -0.05) is 34.5 Å². The molecular formula is C15H12BrClF3N. The Bertz CT molecular complexity index is 640. The largest absolute Gasteiger partial charge is 0.306 e. The van der Waals surface area contributed by atoms with Crippen molar-refractivity contribution in [3.63, 3.8) is 0 Å². The second-order valence-corrected chi connectivity index (χ2v) is 5.73. The summed E-state index contributed by atoms with van der Waals surface area (Å²) in [6.45, 7) is 2.28. The van der Waals surface area contributed by atoms with Gasteiger partial charge in [0.05, 0.1) is 6.04 Å². The minimum atomic E-state index is -0.950. The van der Waals surface area contributed by atoms with Crippen LogP contribution in [0.1, 0.15) is 24.1 Å². The lowest BCUT2D eigenvalue weighted by Gasteiger charge is -2.21. The zero-order chi connectivity index (χ0) is 15.6. The van der Waals surface area contributed by atoms with E-state index in [9.17, 15) is 13.2 Å². The quantitative estimate of drug-likeness (QED) is 0.769. The molecule has 0 aliphatic carbocycles. The Kier molecular flexibility index (Phi) is 5.30. The van der Waals surface area contributed by atoms with Gasteiger partial charge in [0.25, 0.3) is 0 Å². The fraction of sp³-hybridized carbons (Fsp3) is 0.200. The third-order valence-electron chi connectivity index (χ3n) is 3.01. The van der Waals surface area contributed by atoms with E-state index in [0.29, 0.717) is 33.7 Å². The van der Waals surface area contributed by atoms with E-state index >= 15 is 0 Å². The van der Waals surface area contributed by atoms with Crippen LogP contribution in [0.5, 0.6) is 0 Å². The van der Waals surface area contributed by atoms with Crippen molar-refractivity contribution >= 4 is 27.5 Å². The summed E-state index contributed by atoms with van der Waals surface area (Å²) in [7, 11) is 0. The molecule has 1 atom stereocenters. The monoisotopic (exact) mass is 377 g/mol. The average Bonchev–Trinajstić information content (AvgIpc) is 2.39. The number of halogens is 5. The van der Waals surface area contributed by atoms with Gasteiger partial charge in [0.15, 0.2) is 0 Å². The van der Waals surface area contributed by atoms with Gasteiger partial charge in [0.2, 0.25) is 0 Å². The number of benzene rings is 2. The standard InChI is InChI=1S/C15H12BrClF3N/c1-2-21-15(10-5-8(17)3-4-11(10)16)14-12(19)6-9(18)7-13(14)20/h3-7,15,21H,2H2,1H3. The highest BCUT2D eigenvalue weighted by Crippen LogP contribution is 2.33. The second-order valence-electron chi connectivity index (χ2n) is 4.44. The number of hydrogen-bond donors (Lipinski definition) is 1. The summed E-state index contributed by atoms with van der Waals surface area (Å²) in [6.07, 6.45) is 0. The normalized spacial score (nSPS) is 12.5. The van der Waals surface area contributed by atoms with E-state index < -0.39 is 23.5 Å². The molecule has 0 aliphatic heterocycles. The summed E-state index contributed by atoms with van der Waals surface area (Å²) in [5.41, 5.74) is 0.343. The number of hydrogen-bond acceptors (Lipinski definition) is 1. The fourth-order valence-corrected chi connectivity index (χ4v) is 2.79. The van der Waals surface area contributed by atoms with Crippen molar-refractivity contribution in [2.45, 2.75) is 13.0 Å². The van der Waals surface area contributed by atoms with Crippen molar-refractivity contribution in [3.8, 4) is 0 Å². The molecule has 0 aliphatic rings. The van der Waals surface area contributed by atoms with Gasteiger partial charge < -0.3 is 5.32 Å². The third kappa shape index (κ3) is 3.59.